The monoisotopic (exact) mass is 401 g/mol. The molecule has 2 aromatic heterocycles. The van der Waals surface area contributed by atoms with Gasteiger partial charge in [0.1, 0.15) is 9.22 Å². The van der Waals surface area contributed by atoms with Gasteiger partial charge in [0.15, 0.2) is 5.15 Å². The highest BCUT2D eigenvalue weighted by molar-refractivity contribution is 14.1. The Morgan fingerprint density at radius 1 is 1.67 bits per heavy atom. The smallest absolute Gasteiger partial charge is 0.156 e. The lowest BCUT2D eigenvalue weighted by Gasteiger charge is -2.07. The van der Waals surface area contributed by atoms with Gasteiger partial charge in [0.2, 0.25) is 0 Å². The van der Waals surface area contributed by atoms with Gasteiger partial charge in [-0.1, -0.05) is 11.6 Å². The molecule has 2 rings (SSSR count). The molecule has 0 amide bonds. The van der Waals surface area contributed by atoms with Gasteiger partial charge in [0.05, 0.1) is 22.5 Å². The van der Waals surface area contributed by atoms with Crippen molar-refractivity contribution in [1.29, 1.82) is 0 Å². The summed E-state index contributed by atoms with van der Waals surface area (Å²) in [6, 6.07) is 0. The van der Waals surface area contributed by atoms with Crippen LogP contribution >= 0.6 is 50.1 Å². The summed E-state index contributed by atoms with van der Waals surface area (Å²) in [6.45, 7) is 1.66. The molecule has 0 aromatic carbocycles. The van der Waals surface area contributed by atoms with Crippen LogP contribution in [0.25, 0.3) is 5.52 Å². The Hall–Kier alpha value is 0.0800. The van der Waals surface area contributed by atoms with Crippen LogP contribution in [-0.2, 0) is 0 Å². The van der Waals surface area contributed by atoms with Crippen molar-refractivity contribution in [3.8, 4) is 0 Å². The van der Waals surface area contributed by atoms with Gasteiger partial charge < -0.3 is 5.11 Å². The predicted molar refractivity (Wildman–Crippen MR) is 69.0 cm³/mol. The fourth-order valence-corrected chi connectivity index (χ4v) is 2.50. The number of hydrogen-bond donors (Lipinski definition) is 1. The van der Waals surface area contributed by atoms with Crippen LogP contribution < -0.4 is 0 Å². The Labute approximate surface area is 113 Å². The van der Waals surface area contributed by atoms with Crippen LogP contribution in [0, 0.1) is 3.70 Å². The fraction of sp³-hybridized carbons (Fsp3) is 0.250. The second kappa shape index (κ2) is 4.15. The third-order valence-electron chi connectivity index (χ3n) is 1.97. The molecule has 0 aliphatic heterocycles. The molecular weight excluding hydrogens is 396 g/mol. The lowest BCUT2D eigenvalue weighted by atomic mass is 10.3. The SMILES string of the molecule is CC(O)c1cnc(Cl)c2c(Br)c(I)nn12. The third-order valence-corrected chi connectivity index (χ3v) is 4.49. The minimum absolute atomic E-state index is 0.363. The molecule has 0 aliphatic carbocycles. The molecule has 0 radical (unpaired) electrons. The van der Waals surface area contributed by atoms with E-state index in [-0.39, 0.29) is 0 Å². The Morgan fingerprint density at radius 3 is 2.93 bits per heavy atom. The molecule has 7 heteroatoms. The van der Waals surface area contributed by atoms with Crippen molar-refractivity contribution >= 4 is 55.6 Å². The topological polar surface area (TPSA) is 50.4 Å². The second-order valence-electron chi connectivity index (χ2n) is 3.02. The van der Waals surface area contributed by atoms with E-state index in [9.17, 15) is 5.11 Å². The molecule has 0 aliphatic rings. The van der Waals surface area contributed by atoms with E-state index in [1.807, 2.05) is 0 Å². The largest absolute Gasteiger partial charge is 0.387 e. The van der Waals surface area contributed by atoms with Gasteiger partial charge in [0, 0.05) is 0 Å². The summed E-state index contributed by atoms with van der Waals surface area (Å²) in [4.78, 5) is 4.01. The van der Waals surface area contributed by atoms with E-state index in [2.05, 4.69) is 48.6 Å². The molecule has 0 fully saturated rings. The first-order valence-corrected chi connectivity index (χ1v) is 6.33. The second-order valence-corrected chi connectivity index (χ2v) is 5.19. The zero-order valence-electron chi connectivity index (χ0n) is 7.58. The van der Waals surface area contributed by atoms with E-state index >= 15 is 0 Å². The standard InChI is InChI=1S/C8H6BrClIN3O/c1-3(15)4-2-12-7(10)6-5(9)8(11)13-14(4)6/h2-3,15H,1H3. The number of hydrogen-bond acceptors (Lipinski definition) is 3. The van der Waals surface area contributed by atoms with Crippen molar-refractivity contribution in [3.05, 3.63) is 25.2 Å². The summed E-state index contributed by atoms with van der Waals surface area (Å²) in [6.07, 6.45) is 0.884. The molecular formula is C8H6BrClIN3O. The van der Waals surface area contributed by atoms with Crippen LogP contribution in [0.3, 0.4) is 0 Å². The molecule has 2 aromatic rings. The Kier molecular flexibility index (Phi) is 3.20. The number of rotatable bonds is 1. The highest BCUT2D eigenvalue weighted by Gasteiger charge is 2.16. The highest BCUT2D eigenvalue weighted by atomic mass is 127. The van der Waals surface area contributed by atoms with Gasteiger partial charge in [-0.05, 0) is 45.4 Å². The summed E-state index contributed by atoms with van der Waals surface area (Å²) in [7, 11) is 0. The van der Waals surface area contributed by atoms with Crippen molar-refractivity contribution in [2.75, 3.05) is 0 Å². The highest BCUT2D eigenvalue weighted by Crippen LogP contribution is 2.30. The molecule has 80 valence electrons. The van der Waals surface area contributed by atoms with Gasteiger partial charge in [-0.25, -0.2) is 9.50 Å². The minimum Gasteiger partial charge on any atom is -0.387 e. The summed E-state index contributed by atoms with van der Waals surface area (Å²) in [5.41, 5.74) is 1.29. The van der Waals surface area contributed by atoms with Crippen LogP contribution in [0.1, 0.15) is 18.7 Å². The van der Waals surface area contributed by atoms with E-state index in [0.29, 0.717) is 16.4 Å². The van der Waals surface area contributed by atoms with Crippen LogP contribution in [0.2, 0.25) is 5.15 Å². The van der Waals surface area contributed by atoms with E-state index in [4.69, 9.17) is 11.6 Å². The number of aliphatic hydroxyl groups excluding tert-OH is 1. The van der Waals surface area contributed by atoms with E-state index in [1.54, 1.807) is 11.4 Å². The Morgan fingerprint density at radius 2 is 2.33 bits per heavy atom. The normalized spacial score (nSPS) is 13.4. The summed E-state index contributed by atoms with van der Waals surface area (Å²) < 4.78 is 3.18. The molecule has 0 bridgehead atoms. The number of aliphatic hydroxyl groups is 1. The maximum atomic E-state index is 9.55. The first kappa shape index (κ1) is 11.6. The molecule has 2 heterocycles. The van der Waals surface area contributed by atoms with Crippen LogP contribution in [0.4, 0.5) is 0 Å². The molecule has 0 spiro atoms. The number of fused-ring (bicyclic) bond motifs is 1. The minimum atomic E-state index is -0.639. The third kappa shape index (κ3) is 1.88. The van der Waals surface area contributed by atoms with Crippen LogP contribution in [-0.4, -0.2) is 19.7 Å². The number of aromatic nitrogens is 3. The molecule has 1 atom stereocenters. The first-order valence-electron chi connectivity index (χ1n) is 4.08. The zero-order chi connectivity index (χ0) is 11.2. The molecule has 15 heavy (non-hydrogen) atoms. The summed E-state index contributed by atoms with van der Waals surface area (Å²) >= 11 is 11.4. The summed E-state index contributed by atoms with van der Waals surface area (Å²) in [5.74, 6) is 0. The van der Waals surface area contributed by atoms with Gasteiger partial charge in [0.25, 0.3) is 0 Å². The zero-order valence-corrected chi connectivity index (χ0v) is 12.1. The lowest BCUT2D eigenvalue weighted by Crippen LogP contribution is -2.04. The van der Waals surface area contributed by atoms with E-state index < -0.39 is 6.10 Å². The summed E-state index contributed by atoms with van der Waals surface area (Å²) in [5, 5.41) is 14.2. The van der Waals surface area contributed by atoms with Crippen molar-refractivity contribution in [2.24, 2.45) is 0 Å². The van der Waals surface area contributed by atoms with Gasteiger partial charge >= 0.3 is 0 Å². The quantitative estimate of drug-likeness (QED) is 0.747. The predicted octanol–water partition coefficient (Wildman–Crippen LogP) is 2.80. The molecule has 4 nitrogen and oxygen atoms in total. The molecule has 0 saturated heterocycles. The molecule has 0 saturated carbocycles. The average molecular weight is 402 g/mol. The fourth-order valence-electron chi connectivity index (χ4n) is 1.26. The average Bonchev–Trinajstić information content (AvgIpc) is 2.44. The maximum absolute atomic E-state index is 9.55. The van der Waals surface area contributed by atoms with Crippen molar-refractivity contribution in [1.82, 2.24) is 14.6 Å². The Bertz CT molecular complexity index is 528. The van der Waals surface area contributed by atoms with Crippen molar-refractivity contribution < 1.29 is 5.11 Å². The lowest BCUT2D eigenvalue weighted by molar-refractivity contribution is 0.191. The van der Waals surface area contributed by atoms with Crippen molar-refractivity contribution in [3.63, 3.8) is 0 Å². The van der Waals surface area contributed by atoms with Gasteiger partial charge in [-0.15, -0.1) is 0 Å². The first-order chi connectivity index (χ1) is 7.02. The van der Waals surface area contributed by atoms with Gasteiger partial charge in [-0.2, -0.15) is 5.10 Å². The van der Waals surface area contributed by atoms with Gasteiger partial charge in [-0.3, -0.25) is 0 Å². The Balaban J connectivity index is 2.89. The van der Waals surface area contributed by atoms with E-state index in [1.165, 1.54) is 6.20 Å². The van der Waals surface area contributed by atoms with E-state index in [0.717, 1.165) is 8.17 Å². The number of halogens is 3. The molecule has 1 N–H and O–H groups in total. The number of nitrogens with zero attached hydrogens (tertiary/aromatic N) is 3. The maximum Gasteiger partial charge on any atom is 0.156 e. The van der Waals surface area contributed by atoms with Crippen LogP contribution in [0.15, 0.2) is 10.7 Å². The van der Waals surface area contributed by atoms with Crippen LogP contribution in [0.5, 0.6) is 0 Å². The molecule has 1 unspecified atom stereocenters. The van der Waals surface area contributed by atoms with Crippen molar-refractivity contribution in [2.45, 2.75) is 13.0 Å².